The smallest absolute Gasteiger partial charge is 0.251 e. The number of benzene rings is 1. The van der Waals surface area contributed by atoms with Crippen LogP contribution < -0.4 is 14.8 Å². The van der Waals surface area contributed by atoms with Crippen LogP contribution >= 0.6 is 0 Å². The van der Waals surface area contributed by atoms with E-state index in [9.17, 15) is 4.79 Å². The second-order valence-corrected chi connectivity index (χ2v) is 6.65. The number of morpholine rings is 1. The van der Waals surface area contributed by atoms with E-state index in [-0.39, 0.29) is 12.0 Å². The van der Waals surface area contributed by atoms with Gasteiger partial charge in [-0.25, -0.2) is 0 Å². The Balaban J connectivity index is 1.90. The Morgan fingerprint density at radius 1 is 1.40 bits per heavy atom. The van der Waals surface area contributed by atoms with E-state index in [1.165, 1.54) is 0 Å². The maximum atomic E-state index is 12.4. The van der Waals surface area contributed by atoms with Gasteiger partial charge in [0.05, 0.1) is 26.4 Å². The predicted molar refractivity (Wildman–Crippen MR) is 97.5 cm³/mol. The molecule has 0 spiro atoms. The molecule has 1 amide bonds. The van der Waals surface area contributed by atoms with E-state index in [0.717, 1.165) is 19.6 Å². The van der Waals surface area contributed by atoms with Gasteiger partial charge in [0.1, 0.15) is 0 Å². The van der Waals surface area contributed by atoms with Crippen molar-refractivity contribution < 1.29 is 19.0 Å². The molecule has 2 rings (SSSR count). The summed E-state index contributed by atoms with van der Waals surface area (Å²) in [5.41, 5.74) is 0.555. The summed E-state index contributed by atoms with van der Waals surface area (Å²) >= 11 is 0. The molecule has 1 aromatic rings. The first-order valence-electron chi connectivity index (χ1n) is 8.96. The van der Waals surface area contributed by atoms with Gasteiger partial charge < -0.3 is 19.5 Å². The topological polar surface area (TPSA) is 60.0 Å². The summed E-state index contributed by atoms with van der Waals surface area (Å²) in [7, 11) is 1.58. The van der Waals surface area contributed by atoms with Crippen LogP contribution in [-0.2, 0) is 4.74 Å². The SMILES string of the molecule is CCOc1cc(C(=O)NCC2CN(CC(C)C)CCO2)ccc1OC. The number of hydrogen-bond donors (Lipinski definition) is 1. The summed E-state index contributed by atoms with van der Waals surface area (Å²) in [6.07, 6.45) is 0.0288. The van der Waals surface area contributed by atoms with Gasteiger partial charge in [-0.1, -0.05) is 13.8 Å². The Morgan fingerprint density at radius 3 is 2.88 bits per heavy atom. The fraction of sp³-hybridized carbons (Fsp3) is 0.632. The second kappa shape index (κ2) is 9.63. The molecule has 6 heteroatoms. The third kappa shape index (κ3) is 5.90. The highest BCUT2D eigenvalue weighted by atomic mass is 16.5. The number of nitrogens with zero attached hydrogens (tertiary/aromatic N) is 1. The van der Waals surface area contributed by atoms with Crippen LogP contribution in [0.25, 0.3) is 0 Å². The number of ether oxygens (including phenoxy) is 3. The van der Waals surface area contributed by atoms with Gasteiger partial charge in [-0.2, -0.15) is 0 Å². The van der Waals surface area contributed by atoms with Crippen molar-refractivity contribution in [3.8, 4) is 11.5 Å². The molecule has 0 aliphatic carbocycles. The molecule has 25 heavy (non-hydrogen) atoms. The van der Waals surface area contributed by atoms with Crippen LogP contribution in [0.4, 0.5) is 0 Å². The lowest BCUT2D eigenvalue weighted by molar-refractivity contribution is -0.0295. The standard InChI is InChI=1S/C19H30N2O4/c1-5-24-18-10-15(6-7-17(18)23-4)19(22)20-11-16-13-21(8-9-25-16)12-14(2)3/h6-7,10,14,16H,5,8-9,11-13H2,1-4H3,(H,20,22). The van der Waals surface area contributed by atoms with Crippen LogP contribution in [0.3, 0.4) is 0 Å². The third-order valence-corrected chi connectivity index (χ3v) is 4.06. The highest BCUT2D eigenvalue weighted by molar-refractivity contribution is 5.94. The highest BCUT2D eigenvalue weighted by Crippen LogP contribution is 2.28. The Bertz CT molecular complexity index is 562. The summed E-state index contributed by atoms with van der Waals surface area (Å²) < 4.78 is 16.6. The van der Waals surface area contributed by atoms with Gasteiger partial charge in [-0.05, 0) is 31.0 Å². The van der Waals surface area contributed by atoms with Gasteiger partial charge in [0.2, 0.25) is 0 Å². The fourth-order valence-corrected chi connectivity index (χ4v) is 2.98. The zero-order valence-corrected chi connectivity index (χ0v) is 15.7. The maximum Gasteiger partial charge on any atom is 0.251 e. The van der Waals surface area contributed by atoms with Crippen molar-refractivity contribution in [2.45, 2.75) is 26.9 Å². The largest absolute Gasteiger partial charge is 0.493 e. The average Bonchev–Trinajstić information content (AvgIpc) is 2.59. The van der Waals surface area contributed by atoms with Crippen LogP contribution in [0.15, 0.2) is 18.2 Å². The van der Waals surface area contributed by atoms with E-state index >= 15 is 0 Å². The highest BCUT2D eigenvalue weighted by Gasteiger charge is 2.21. The Hall–Kier alpha value is -1.79. The van der Waals surface area contributed by atoms with Gasteiger partial charge in [0.15, 0.2) is 11.5 Å². The molecule has 0 saturated carbocycles. The molecule has 1 fully saturated rings. The molecule has 1 unspecified atom stereocenters. The van der Waals surface area contributed by atoms with E-state index in [0.29, 0.717) is 42.7 Å². The van der Waals surface area contributed by atoms with Crippen LogP contribution in [-0.4, -0.2) is 63.4 Å². The predicted octanol–water partition coefficient (Wildman–Crippen LogP) is 2.18. The lowest BCUT2D eigenvalue weighted by Gasteiger charge is -2.33. The van der Waals surface area contributed by atoms with E-state index in [2.05, 4.69) is 24.1 Å². The van der Waals surface area contributed by atoms with Crippen molar-refractivity contribution in [2.75, 3.05) is 46.5 Å². The molecule has 0 aromatic heterocycles. The van der Waals surface area contributed by atoms with E-state index in [1.807, 2.05) is 6.92 Å². The summed E-state index contributed by atoms with van der Waals surface area (Å²) in [5, 5.41) is 2.96. The minimum Gasteiger partial charge on any atom is -0.493 e. The average molecular weight is 350 g/mol. The monoisotopic (exact) mass is 350 g/mol. The number of nitrogens with one attached hydrogen (secondary N) is 1. The molecule has 1 N–H and O–H groups in total. The molecular weight excluding hydrogens is 320 g/mol. The molecule has 1 saturated heterocycles. The lowest BCUT2D eigenvalue weighted by atomic mass is 10.1. The van der Waals surface area contributed by atoms with Crippen molar-refractivity contribution in [3.63, 3.8) is 0 Å². The number of methoxy groups -OCH3 is 1. The van der Waals surface area contributed by atoms with Crippen LogP contribution in [0.1, 0.15) is 31.1 Å². The normalized spacial score (nSPS) is 18.2. The van der Waals surface area contributed by atoms with Crippen LogP contribution in [0, 0.1) is 5.92 Å². The van der Waals surface area contributed by atoms with Crippen molar-refractivity contribution in [1.82, 2.24) is 10.2 Å². The maximum absolute atomic E-state index is 12.4. The first-order chi connectivity index (χ1) is 12.0. The minimum absolute atomic E-state index is 0.0288. The zero-order chi connectivity index (χ0) is 18.2. The van der Waals surface area contributed by atoms with Gasteiger partial charge >= 0.3 is 0 Å². The molecule has 0 bridgehead atoms. The zero-order valence-electron chi connectivity index (χ0n) is 15.7. The summed E-state index contributed by atoms with van der Waals surface area (Å²) in [6, 6.07) is 5.20. The summed E-state index contributed by atoms with van der Waals surface area (Å²) in [4.78, 5) is 14.8. The van der Waals surface area contributed by atoms with Gasteiger partial charge in [-0.3, -0.25) is 9.69 Å². The summed E-state index contributed by atoms with van der Waals surface area (Å²) in [5.74, 6) is 1.70. The quantitative estimate of drug-likeness (QED) is 0.779. The minimum atomic E-state index is -0.131. The van der Waals surface area contributed by atoms with Crippen LogP contribution in [0.5, 0.6) is 11.5 Å². The number of carbonyl (C=O) groups is 1. The van der Waals surface area contributed by atoms with Crippen molar-refractivity contribution in [1.29, 1.82) is 0 Å². The fourth-order valence-electron chi connectivity index (χ4n) is 2.98. The summed E-state index contributed by atoms with van der Waals surface area (Å²) in [6.45, 7) is 10.9. The van der Waals surface area contributed by atoms with Gasteiger partial charge in [-0.15, -0.1) is 0 Å². The number of amides is 1. The van der Waals surface area contributed by atoms with E-state index in [4.69, 9.17) is 14.2 Å². The Labute approximate surface area is 150 Å². The first kappa shape index (κ1) is 19.5. The molecule has 1 aliphatic rings. The Morgan fingerprint density at radius 2 is 2.20 bits per heavy atom. The van der Waals surface area contributed by atoms with Gasteiger partial charge in [0, 0.05) is 31.7 Å². The molecular formula is C19H30N2O4. The number of rotatable bonds is 8. The molecule has 0 radical (unpaired) electrons. The molecule has 1 heterocycles. The molecule has 1 aliphatic heterocycles. The van der Waals surface area contributed by atoms with E-state index in [1.54, 1.807) is 25.3 Å². The van der Waals surface area contributed by atoms with Crippen molar-refractivity contribution >= 4 is 5.91 Å². The van der Waals surface area contributed by atoms with Crippen molar-refractivity contribution in [3.05, 3.63) is 23.8 Å². The first-order valence-corrected chi connectivity index (χ1v) is 8.96. The van der Waals surface area contributed by atoms with E-state index < -0.39 is 0 Å². The Kier molecular flexibility index (Phi) is 7.52. The number of hydrogen-bond acceptors (Lipinski definition) is 5. The molecule has 6 nitrogen and oxygen atoms in total. The molecule has 1 atom stereocenters. The molecule has 1 aromatic carbocycles. The van der Waals surface area contributed by atoms with Crippen molar-refractivity contribution in [2.24, 2.45) is 5.92 Å². The van der Waals surface area contributed by atoms with Gasteiger partial charge in [0.25, 0.3) is 5.91 Å². The number of carbonyl (C=O) groups excluding carboxylic acids is 1. The third-order valence-electron chi connectivity index (χ3n) is 4.06. The van der Waals surface area contributed by atoms with Crippen LogP contribution in [0.2, 0.25) is 0 Å². The lowest BCUT2D eigenvalue weighted by Crippen LogP contribution is -2.48. The second-order valence-electron chi connectivity index (χ2n) is 6.65. The molecule has 140 valence electrons.